The number of aliphatic hydroxyl groups is 1. The number of nitrogens with zero attached hydrogens (tertiary/aromatic N) is 3. The van der Waals surface area contributed by atoms with Crippen molar-refractivity contribution in [2.45, 2.75) is 42.3 Å². The average Bonchev–Trinajstić information content (AvgIpc) is 3.57. The highest BCUT2D eigenvalue weighted by Gasteiger charge is 2.48. The van der Waals surface area contributed by atoms with Gasteiger partial charge in [0.05, 0.1) is 18.2 Å². The van der Waals surface area contributed by atoms with E-state index in [-0.39, 0.29) is 11.3 Å². The van der Waals surface area contributed by atoms with Crippen LogP contribution in [-0.4, -0.2) is 33.6 Å². The second-order valence-electron chi connectivity index (χ2n) is 9.28. The lowest BCUT2D eigenvalue weighted by molar-refractivity contribution is -0.132. The standard InChI is InChI=1S/C31H29N3O4S2/c1-2-3-10-19-38-24-17-15-22(16-18-24)26-25(27(35)23-13-8-5-9-14-23)28(36)29(37)34(26)30-32-33-31(40-30)39-20-21-11-6-4-7-12-21/h4-9,11-18,26,35H,2-3,10,19-20H2,1H3/b27-25-. The van der Waals surface area contributed by atoms with Crippen LogP contribution >= 0.6 is 23.1 Å². The highest BCUT2D eigenvalue weighted by atomic mass is 32.2. The number of amides is 1. The first kappa shape index (κ1) is 27.6. The average molecular weight is 572 g/mol. The van der Waals surface area contributed by atoms with E-state index in [9.17, 15) is 14.7 Å². The number of rotatable bonds is 11. The highest BCUT2D eigenvalue weighted by molar-refractivity contribution is 8.00. The van der Waals surface area contributed by atoms with Gasteiger partial charge in [0.1, 0.15) is 11.5 Å². The van der Waals surface area contributed by atoms with Gasteiger partial charge in [0.2, 0.25) is 5.13 Å². The maximum atomic E-state index is 13.4. The van der Waals surface area contributed by atoms with Crippen LogP contribution in [0.3, 0.4) is 0 Å². The number of unbranched alkanes of at least 4 members (excludes halogenated alkanes) is 2. The van der Waals surface area contributed by atoms with Crippen LogP contribution in [0.2, 0.25) is 0 Å². The molecule has 0 aliphatic carbocycles. The minimum atomic E-state index is -0.866. The minimum Gasteiger partial charge on any atom is -0.507 e. The number of carbonyl (C=O) groups excluding carboxylic acids is 2. The number of aromatic nitrogens is 2. The highest BCUT2D eigenvalue weighted by Crippen LogP contribution is 2.44. The molecule has 1 aliphatic rings. The zero-order valence-electron chi connectivity index (χ0n) is 22.0. The van der Waals surface area contributed by atoms with Gasteiger partial charge in [-0.2, -0.15) is 0 Å². The van der Waals surface area contributed by atoms with Gasteiger partial charge in [-0.1, -0.05) is 116 Å². The van der Waals surface area contributed by atoms with E-state index in [2.05, 4.69) is 17.1 Å². The molecule has 4 aromatic rings. The van der Waals surface area contributed by atoms with Crippen molar-refractivity contribution in [3.63, 3.8) is 0 Å². The van der Waals surface area contributed by atoms with Gasteiger partial charge in [0, 0.05) is 11.3 Å². The van der Waals surface area contributed by atoms with Crippen LogP contribution in [-0.2, 0) is 15.3 Å². The van der Waals surface area contributed by atoms with Crippen molar-refractivity contribution in [3.05, 3.63) is 107 Å². The molecule has 1 amide bonds. The molecular formula is C31H29N3O4S2. The third-order valence-electron chi connectivity index (χ3n) is 6.51. The zero-order chi connectivity index (χ0) is 27.9. The van der Waals surface area contributed by atoms with Crippen LogP contribution in [0.4, 0.5) is 5.13 Å². The summed E-state index contributed by atoms with van der Waals surface area (Å²) in [6.45, 7) is 2.76. The fourth-order valence-corrected chi connectivity index (χ4v) is 6.29. The molecule has 2 heterocycles. The van der Waals surface area contributed by atoms with E-state index >= 15 is 0 Å². The Kier molecular flexibility index (Phi) is 8.93. The molecule has 1 aliphatic heterocycles. The summed E-state index contributed by atoms with van der Waals surface area (Å²) in [6.07, 6.45) is 3.18. The SMILES string of the molecule is CCCCCOc1ccc(C2/C(=C(/O)c3ccccc3)C(=O)C(=O)N2c2nnc(SCc3ccccc3)s2)cc1. The number of hydrogen-bond donors (Lipinski definition) is 1. The topological polar surface area (TPSA) is 92.6 Å². The molecule has 0 spiro atoms. The lowest BCUT2D eigenvalue weighted by atomic mass is 9.95. The summed E-state index contributed by atoms with van der Waals surface area (Å²) in [5.74, 6) is -0.339. The first-order valence-corrected chi connectivity index (χ1v) is 15.0. The molecule has 1 unspecified atom stereocenters. The molecule has 5 rings (SSSR count). The Morgan fingerprint density at radius 3 is 2.35 bits per heavy atom. The van der Waals surface area contributed by atoms with Gasteiger partial charge in [0.25, 0.3) is 5.78 Å². The smallest absolute Gasteiger partial charge is 0.301 e. The van der Waals surface area contributed by atoms with Gasteiger partial charge < -0.3 is 9.84 Å². The number of thioether (sulfide) groups is 1. The summed E-state index contributed by atoms with van der Waals surface area (Å²) in [5.41, 5.74) is 2.27. The summed E-state index contributed by atoms with van der Waals surface area (Å²) >= 11 is 2.76. The van der Waals surface area contributed by atoms with E-state index in [1.807, 2.05) is 60.7 Å². The van der Waals surface area contributed by atoms with Crippen LogP contribution < -0.4 is 9.64 Å². The van der Waals surface area contributed by atoms with Crippen LogP contribution in [0, 0.1) is 0 Å². The van der Waals surface area contributed by atoms with Crippen LogP contribution in [0.15, 0.2) is 94.8 Å². The summed E-state index contributed by atoms with van der Waals surface area (Å²) < 4.78 is 6.54. The van der Waals surface area contributed by atoms with Crippen LogP contribution in [0.1, 0.15) is 48.9 Å². The Morgan fingerprint density at radius 1 is 0.950 bits per heavy atom. The van der Waals surface area contributed by atoms with E-state index in [0.717, 1.165) is 24.8 Å². The van der Waals surface area contributed by atoms with Gasteiger partial charge in [0.15, 0.2) is 4.34 Å². The van der Waals surface area contributed by atoms with Crippen LogP contribution in [0.5, 0.6) is 5.75 Å². The molecule has 1 atom stereocenters. The molecule has 1 saturated heterocycles. The third kappa shape index (κ3) is 6.11. The molecular weight excluding hydrogens is 542 g/mol. The minimum absolute atomic E-state index is 0.0153. The predicted molar refractivity (Wildman–Crippen MR) is 159 cm³/mol. The van der Waals surface area contributed by atoms with Crippen molar-refractivity contribution in [1.82, 2.24) is 10.2 Å². The van der Waals surface area contributed by atoms with Gasteiger partial charge >= 0.3 is 5.91 Å². The first-order chi connectivity index (χ1) is 19.6. The Bertz CT molecular complexity index is 1490. The van der Waals surface area contributed by atoms with Crippen molar-refractivity contribution in [2.24, 2.45) is 0 Å². The van der Waals surface area contributed by atoms with Crippen molar-refractivity contribution in [2.75, 3.05) is 11.5 Å². The monoisotopic (exact) mass is 571 g/mol. The molecule has 1 fully saturated rings. The van der Waals surface area contributed by atoms with Crippen molar-refractivity contribution < 1.29 is 19.4 Å². The molecule has 3 aromatic carbocycles. The Balaban J connectivity index is 1.48. The summed E-state index contributed by atoms with van der Waals surface area (Å²) in [4.78, 5) is 28.2. The molecule has 0 saturated carbocycles. The van der Waals surface area contributed by atoms with E-state index in [1.54, 1.807) is 24.3 Å². The van der Waals surface area contributed by atoms with Crippen LogP contribution in [0.25, 0.3) is 5.76 Å². The van der Waals surface area contributed by atoms with E-state index in [4.69, 9.17) is 4.74 Å². The van der Waals surface area contributed by atoms with Gasteiger partial charge in [-0.15, -0.1) is 10.2 Å². The van der Waals surface area contributed by atoms with Gasteiger partial charge in [-0.25, -0.2) is 0 Å². The summed E-state index contributed by atoms with van der Waals surface area (Å²) in [7, 11) is 0. The molecule has 204 valence electrons. The zero-order valence-corrected chi connectivity index (χ0v) is 23.7. The molecule has 0 bridgehead atoms. The lowest BCUT2D eigenvalue weighted by Gasteiger charge is -2.22. The maximum absolute atomic E-state index is 13.4. The Hall–Kier alpha value is -3.95. The number of Topliss-reactive ketones (excluding diaryl/α,β-unsaturated/α-hetero) is 1. The number of anilines is 1. The summed E-state index contributed by atoms with van der Waals surface area (Å²) in [5, 5.41) is 20.1. The fraction of sp³-hybridized carbons (Fsp3) is 0.226. The molecule has 7 nitrogen and oxygen atoms in total. The van der Waals surface area contributed by atoms with Crippen molar-refractivity contribution >= 4 is 45.7 Å². The fourth-order valence-electron chi connectivity index (χ4n) is 4.46. The molecule has 9 heteroatoms. The maximum Gasteiger partial charge on any atom is 0.301 e. The second kappa shape index (κ2) is 12.9. The lowest BCUT2D eigenvalue weighted by Crippen LogP contribution is -2.29. The quantitative estimate of drug-likeness (QED) is 0.0516. The second-order valence-corrected chi connectivity index (χ2v) is 11.5. The number of hydrogen-bond acceptors (Lipinski definition) is 8. The first-order valence-electron chi connectivity index (χ1n) is 13.2. The largest absolute Gasteiger partial charge is 0.507 e. The van der Waals surface area contributed by atoms with E-state index < -0.39 is 17.7 Å². The number of ketones is 1. The molecule has 1 N–H and O–H groups in total. The number of ether oxygens (including phenoxy) is 1. The third-order valence-corrected chi connectivity index (χ3v) is 8.64. The van der Waals surface area contributed by atoms with Gasteiger partial charge in [-0.3, -0.25) is 14.5 Å². The summed E-state index contributed by atoms with van der Waals surface area (Å²) in [6, 6.07) is 25.2. The molecule has 40 heavy (non-hydrogen) atoms. The van der Waals surface area contributed by atoms with E-state index in [1.165, 1.54) is 28.0 Å². The normalized spacial score (nSPS) is 16.4. The van der Waals surface area contributed by atoms with E-state index in [0.29, 0.717) is 38.7 Å². The molecule has 1 aromatic heterocycles. The van der Waals surface area contributed by atoms with Gasteiger partial charge in [-0.05, 0) is 29.7 Å². The number of benzene rings is 3. The van der Waals surface area contributed by atoms with Crippen molar-refractivity contribution in [1.29, 1.82) is 0 Å². The number of carbonyl (C=O) groups is 2. The predicted octanol–water partition coefficient (Wildman–Crippen LogP) is 7.03. The molecule has 0 radical (unpaired) electrons. The Morgan fingerprint density at radius 2 is 1.65 bits per heavy atom. The number of aliphatic hydroxyl groups excluding tert-OH is 1. The Labute approximate surface area is 241 Å². The van der Waals surface area contributed by atoms with Crippen molar-refractivity contribution in [3.8, 4) is 5.75 Å².